The van der Waals surface area contributed by atoms with Gasteiger partial charge in [0.1, 0.15) is 22.0 Å². The zero-order chi connectivity index (χ0) is 19.5. The standard InChI is InChI=1S/C15H17NO8S2/c1-22-14(18)11-9(12(15(19)23-2)25-13(11)16)6-24-10(17)5-8-3-4-26(20,21)7-8/h3-4,8H,5-7,16H2,1-2H3. The summed E-state index contributed by atoms with van der Waals surface area (Å²) < 4.78 is 37.1. The number of esters is 3. The van der Waals surface area contributed by atoms with Crippen molar-refractivity contribution in [3.8, 4) is 0 Å². The van der Waals surface area contributed by atoms with Crippen LogP contribution in [0.15, 0.2) is 11.5 Å². The molecule has 0 aliphatic carbocycles. The van der Waals surface area contributed by atoms with Gasteiger partial charge in [-0.25, -0.2) is 18.0 Å². The molecule has 2 N–H and O–H groups in total. The minimum atomic E-state index is -3.27. The molecule has 11 heteroatoms. The number of nitrogen functional groups attached to an aromatic ring is 1. The number of anilines is 1. The first-order chi connectivity index (χ1) is 12.2. The van der Waals surface area contributed by atoms with Crippen LogP contribution in [0.25, 0.3) is 0 Å². The Morgan fingerprint density at radius 2 is 1.88 bits per heavy atom. The highest BCUT2D eigenvalue weighted by Crippen LogP contribution is 2.33. The summed E-state index contributed by atoms with van der Waals surface area (Å²) in [5.41, 5.74) is 5.80. The second-order valence-electron chi connectivity index (χ2n) is 5.42. The van der Waals surface area contributed by atoms with E-state index in [1.165, 1.54) is 13.2 Å². The van der Waals surface area contributed by atoms with Gasteiger partial charge in [-0.05, 0) is 0 Å². The molecule has 2 rings (SSSR count). The van der Waals surface area contributed by atoms with Crippen LogP contribution in [0, 0.1) is 5.92 Å². The molecule has 9 nitrogen and oxygen atoms in total. The van der Waals surface area contributed by atoms with E-state index < -0.39 is 40.3 Å². The second kappa shape index (κ2) is 7.87. The highest BCUT2D eigenvalue weighted by molar-refractivity contribution is 7.94. The van der Waals surface area contributed by atoms with Crippen LogP contribution in [0.5, 0.6) is 0 Å². The summed E-state index contributed by atoms with van der Waals surface area (Å²) >= 11 is 0.822. The maximum absolute atomic E-state index is 12.0. The topological polar surface area (TPSA) is 139 Å². The molecule has 1 aromatic heterocycles. The van der Waals surface area contributed by atoms with Crippen molar-refractivity contribution >= 4 is 44.1 Å². The SMILES string of the molecule is COC(=O)c1sc(N)c(C(=O)OC)c1COC(=O)CC1C=CS(=O)(=O)C1. The lowest BCUT2D eigenvalue weighted by Gasteiger charge is -2.09. The molecule has 1 atom stereocenters. The number of methoxy groups -OCH3 is 2. The fraction of sp³-hybridized carbons (Fsp3) is 0.400. The van der Waals surface area contributed by atoms with E-state index in [0.29, 0.717) is 0 Å². The Hall–Kier alpha value is -2.40. The summed E-state index contributed by atoms with van der Waals surface area (Å²) in [6.07, 6.45) is 1.29. The van der Waals surface area contributed by atoms with Crippen molar-refractivity contribution in [2.75, 3.05) is 25.7 Å². The average Bonchev–Trinajstić information content (AvgIpc) is 3.10. The number of carbonyl (C=O) groups excluding carboxylic acids is 3. The molecule has 1 aliphatic rings. The van der Waals surface area contributed by atoms with E-state index in [1.54, 1.807) is 0 Å². The molecule has 1 aliphatic heterocycles. The number of allylic oxidation sites excluding steroid dienone is 1. The predicted octanol–water partition coefficient (Wildman–Crippen LogP) is 0.895. The first kappa shape index (κ1) is 19.9. The van der Waals surface area contributed by atoms with Crippen LogP contribution in [-0.2, 0) is 35.4 Å². The summed E-state index contributed by atoms with van der Waals surface area (Å²) in [6.45, 7) is -0.398. The van der Waals surface area contributed by atoms with Gasteiger partial charge >= 0.3 is 17.9 Å². The molecule has 0 radical (unpaired) electrons. The molecule has 0 fully saturated rings. The zero-order valence-corrected chi connectivity index (χ0v) is 15.6. The van der Waals surface area contributed by atoms with Crippen LogP contribution in [0.3, 0.4) is 0 Å². The lowest BCUT2D eigenvalue weighted by molar-refractivity contribution is -0.145. The molecule has 0 spiro atoms. The summed E-state index contributed by atoms with van der Waals surface area (Å²) in [7, 11) is -0.955. The first-order valence-corrected chi connectivity index (χ1v) is 9.86. The Labute approximate surface area is 153 Å². The van der Waals surface area contributed by atoms with E-state index in [4.69, 9.17) is 10.5 Å². The number of hydrogen-bond donors (Lipinski definition) is 1. The molecule has 142 valence electrons. The smallest absolute Gasteiger partial charge is 0.348 e. The van der Waals surface area contributed by atoms with Crippen molar-refractivity contribution in [1.82, 2.24) is 0 Å². The summed E-state index contributed by atoms with van der Waals surface area (Å²) in [5.74, 6) is -2.81. The summed E-state index contributed by atoms with van der Waals surface area (Å²) in [6, 6.07) is 0. The number of thiophene rings is 1. The van der Waals surface area contributed by atoms with Gasteiger partial charge in [-0.2, -0.15) is 0 Å². The van der Waals surface area contributed by atoms with Gasteiger partial charge in [-0.15, -0.1) is 11.3 Å². The molecule has 0 bridgehead atoms. The minimum Gasteiger partial charge on any atom is -0.465 e. The molecule has 1 aromatic rings. The summed E-state index contributed by atoms with van der Waals surface area (Å²) in [4.78, 5) is 35.8. The van der Waals surface area contributed by atoms with Gasteiger partial charge in [0.05, 0.1) is 26.4 Å². The normalized spacial score (nSPS) is 17.7. The molecule has 0 saturated heterocycles. The van der Waals surface area contributed by atoms with Crippen molar-refractivity contribution in [1.29, 1.82) is 0 Å². The molecular weight excluding hydrogens is 386 g/mol. The van der Waals surface area contributed by atoms with Crippen LogP contribution in [0.2, 0.25) is 0 Å². The number of rotatable bonds is 6. The molecule has 0 amide bonds. The van der Waals surface area contributed by atoms with Crippen LogP contribution < -0.4 is 5.73 Å². The quantitative estimate of drug-likeness (QED) is 0.542. The Balaban J connectivity index is 2.15. The lowest BCUT2D eigenvalue weighted by atomic mass is 10.1. The average molecular weight is 403 g/mol. The van der Waals surface area contributed by atoms with Gasteiger partial charge in [0.2, 0.25) is 0 Å². The monoisotopic (exact) mass is 403 g/mol. The minimum absolute atomic E-state index is 0.0292. The maximum atomic E-state index is 12.0. The summed E-state index contributed by atoms with van der Waals surface area (Å²) in [5, 5.41) is 1.10. The Kier molecular flexibility index (Phi) is 6.03. The van der Waals surface area contributed by atoms with Gasteiger partial charge in [0.25, 0.3) is 0 Å². The van der Waals surface area contributed by atoms with Gasteiger partial charge in [-0.1, -0.05) is 6.08 Å². The number of carbonyl (C=O) groups is 3. The predicted molar refractivity (Wildman–Crippen MR) is 92.2 cm³/mol. The third kappa shape index (κ3) is 4.41. The number of sulfone groups is 1. The van der Waals surface area contributed by atoms with E-state index in [9.17, 15) is 22.8 Å². The van der Waals surface area contributed by atoms with E-state index in [-0.39, 0.29) is 33.2 Å². The zero-order valence-electron chi connectivity index (χ0n) is 14.0. The van der Waals surface area contributed by atoms with Crippen LogP contribution in [0.1, 0.15) is 32.0 Å². The van der Waals surface area contributed by atoms with Crippen molar-refractivity contribution in [3.05, 3.63) is 27.5 Å². The van der Waals surface area contributed by atoms with E-state index in [1.807, 2.05) is 0 Å². The number of hydrogen-bond acceptors (Lipinski definition) is 10. The van der Waals surface area contributed by atoms with Crippen LogP contribution in [0.4, 0.5) is 5.00 Å². The maximum Gasteiger partial charge on any atom is 0.348 e. The van der Waals surface area contributed by atoms with E-state index in [0.717, 1.165) is 23.9 Å². The highest BCUT2D eigenvalue weighted by atomic mass is 32.2. The number of nitrogens with two attached hydrogens (primary N) is 1. The largest absolute Gasteiger partial charge is 0.465 e. The first-order valence-electron chi connectivity index (χ1n) is 7.32. The fourth-order valence-electron chi connectivity index (χ4n) is 2.40. The highest BCUT2D eigenvalue weighted by Gasteiger charge is 2.29. The molecule has 0 saturated carbocycles. The van der Waals surface area contributed by atoms with Crippen LogP contribution >= 0.6 is 11.3 Å². The lowest BCUT2D eigenvalue weighted by Crippen LogP contribution is -2.15. The third-order valence-corrected chi connectivity index (χ3v) is 6.11. The van der Waals surface area contributed by atoms with Crippen molar-refractivity contribution < 1.29 is 37.0 Å². The molecule has 1 unspecified atom stereocenters. The van der Waals surface area contributed by atoms with Gasteiger partial charge < -0.3 is 19.9 Å². The van der Waals surface area contributed by atoms with Gasteiger partial charge in [0.15, 0.2) is 9.84 Å². The molecule has 26 heavy (non-hydrogen) atoms. The molecule has 2 heterocycles. The van der Waals surface area contributed by atoms with Crippen LogP contribution in [-0.4, -0.2) is 46.3 Å². The van der Waals surface area contributed by atoms with Gasteiger partial charge in [0, 0.05) is 16.9 Å². The van der Waals surface area contributed by atoms with E-state index in [2.05, 4.69) is 9.47 Å². The molecule has 0 aromatic carbocycles. The Morgan fingerprint density at radius 3 is 2.42 bits per heavy atom. The number of ether oxygens (including phenoxy) is 3. The Morgan fingerprint density at radius 1 is 1.23 bits per heavy atom. The van der Waals surface area contributed by atoms with Crippen molar-refractivity contribution in [2.24, 2.45) is 5.92 Å². The van der Waals surface area contributed by atoms with Crippen molar-refractivity contribution in [2.45, 2.75) is 13.0 Å². The second-order valence-corrected chi connectivity index (χ2v) is 8.40. The van der Waals surface area contributed by atoms with Gasteiger partial charge in [-0.3, -0.25) is 4.79 Å². The third-order valence-electron chi connectivity index (χ3n) is 3.61. The fourth-order valence-corrected chi connectivity index (χ4v) is 4.78. The van der Waals surface area contributed by atoms with Crippen molar-refractivity contribution in [3.63, 3.8) is 0 Å². The Bertz CT molecular complexity index is 868. The molecular formula is C15H17NO8S2. The van der Waals surface area contributed by atoms with E-state index >= 15 is 0 Å².